The lowest BCUT2D eigenvalue weighted by Gasteiger charge is -2.47. The SMILES string of the molecule is C=C(F)C(=O)N1CC[C@@H]2[C@H]1CN2c1nc(OC[C@@]23CCCN2C[C@H](F)C3)nc2c(F)c(-c3cncc4c3CCCC4)ncc12. The molecule has 4 saturated heterocycles. The lowest BCUT2D eigenvalue weighted by molar-refractivity contribution is -0.130. The van der Waals surface area contributed by atoms with Crippen LogP contribution in [0.1, 0.15) is 49.7 Å². The summed E-state index contributed by atoms with van der Waals surface area (Å²) in [6, 6.07) is -0.301. The molecule has 0 aromatic carbocycles. The van der Waals surface area contributed by atoms with E-state index in [-0.39, 0.29) is 35.9 Å². The lowest BCUT2D eigenvalue weighted by Crippen LogP contribution is -2.63. The van der Waals surface area contributed by atoms with E-state index in [1.165, 1.54) is 4.90 Å². The van der Waals surface area contributed by atoms with Gasteiger partial charge in [-0.25, -0.2) is 13.2 Å². The Bertz CT molecular complexity index is 1690. The predicted molar refractivity (Wildman–Crippen MR) is 157 cm³/mol. The van der Waals surface area contributed by atoms with Crippen molar-refractivity contribution in [1.29, 1.82) is 0 Å². The average Bonchev–Trinajstić information content (AvgIpc) is 3.65. The Kier molecular flexibility index (Phi) is 6.55. The number of carbonyl (C=O) groups is 1. The molecule has 230 valence electrons. The normalized spacial score (nSPS) is 27.7. The molecule has 1 aliphatic carbocycles. The van der Waals surface area contributed by atoms with Crippen LogP contribution in [0.3, 0.4) is 0 Å². The van der Waals surface area contributed by atoms with Crippen molar-refractivity contribution in [3.8, 4) is 17.3 Å². The number of anilines is 1. The van der Waals surface area contributed by atoms with Crippen molar-refractivity contribution in [2.75, 3.05) is 37.7 Å². The summed E-state index contributed by atoms with van der Waals surface area (Å²) in [6.45, 7) is 5.39. The van der Waals surface area contributed by atoms with Crippen molar-refractivity contribution in [2.45, 2.75) is 75.2 Å². The first-order valence-electron chi connectivity index (χ1n) is 15.6. The fourth-order valence-electron chi connectivity index (χ4n) is 8.27. The molecule has 1 amide bonds. The number of hydrogen-bond acceptors (Lipinski definition) is 8. The first-order chi connectivity index (χ1) is 21.3. The lowest BCUT2D eigenvalue weighted by atomic mass is 9.89. The number of pyridine rings is 2. The summed E-state index contributed by atoms with van der Waals surface area (Å²) >= 11 is 0. The summed E-state index contributed by atoms with van der Waals surface area (Å²) < 4.78 is 50.9. The van der Waals surface area contributed by atoms with Crippen molar-refractivity contribution in [3.63, 3.8) is 0 Å². The molecule has 8 rings (SSSR count). The van der Waals surface area contributed by atoms with Gasteiger partial charge in [-0.3, -0.25) is 19.7 Å². The molecule has 0 spiro atoms. The van der Waals surface area contributed by atoms with E-state index in [1.807, 2.05) is 11.1 Å². The molecular weight excluding hydrogens is 571 g/mol. The number of halogens is 3. The van der Waals surface area contributed by atoms with E-state index in [0.29, 0.717) is 49.2 Å². The maximum Gasteiger partial charge on any atom is 0.319 e. The van der Waals surface area contributed by atoms with E-state index >= 15 is 4.39 Å². The average molecular weight is 606 g/mol. The number of alkyl halides is 1. The first kappa shape index (κ1) is 27.7. The number of aromatic nitrogens is 4. The van der Waals surface area contributed by atoms with E-state index in [2.05, 4.69) is 26.4 Å². The van der Waals surface area contributed by atoms with Crippen molar-refractivity contribution < 1.29 is 22.7 Å². The highest BCUT2D eigenvalue weighted by Crippen LogP contribution is 2.43. The monoisotopic (exact) mass is 605 g/mol. The highest BCUT2D eigenvalue weighted by molar-refractivity contribution is 5.94. The molecule has 12 heteroatoms. The summed E-state index contributed by atoms with van der Waals surface area (Å²) in [5.41, 5.74) is 2.72. The van der Waals surface area contributed by atoms with E-state index in [4.69, 9.17) is 9.72 Å². The van der Waals surface area contributed by atoms with Crippen molar-refractivity contribution in [3.05, 3.63) is 47.9 Å². The molecule has 0 unspecified atom stereocenters. The van der Waals surface area contributed by atoms with Gasteiger partial charge in [-0.05, 0) is 62.6 Å². The molecule has 3 aromatic rings. The van der Waals surface area contributed by atoms with Gasteiger partial charge >= 0.3 is 6.01 Å². The first-order valence-corrected chi connectivity index (χ1v) is 15.6. The van der Waals surface area contributed by atoms with Crippen LogP contribution in [0.2, 0.25) is 0 Å². The molecule has 0 saturated carbocycles. The van der Waals surface area contributed by atoms with Gasteiger partial charge in [0, 0.05) is 50.2 Å². The smallest absolute Gasteiger partial charge is 0.319 e. The van der Waals surface area contributed by atoms with Gasteiger partial charge in [0.05, 0.1) is 23.0 Å². The minimum Gasteiger partial charge on any atom is -0.461 e. The maximum absolute atomic E-state index is 16.6. The molecule has 3 aromatic heterocycles. The molecule has 4 atom stereocenters. The zero-order valence-corrected chi connectivity index (χ0v) is 24.4. The van der Waals surface area contributed by atoms with E-state index in [0.717, 1.165) is 56.2 Å². The largest absolute Gasteiger partial charge is 0.461 e. The van der Waals surface area contributed by atoms with E-state index < -0.39 is 29.3 Å². The molecule has 5 aliphatic rings. The number of nitrogens with zero attached hydrogens (tertiary/aromatic N) is 7. The van der Waals surface area contributed by atoms with Gasteiger partial charge in [0.25, 0.3) is 5.91 Å². The van der Waals surface area contributed by atoms with Crippen molar-refractivity contribution in [2.24, 2.45) is 0 Å². The molecule has 7 heterocycles. The summed E-state index contributed by atoms with van der Waals surface area (Å²) in [5.74, 6) is -1.79. The van der Waals surface area contributed by atoms with Gasteiger partial charge in [-0.1, -0.05) is 6.58 Å². The Morgan fingerprint density at radius 3 is 2.82 bits per heavy atom. The third kappa shape index (κ3) is 4.28. The Morgan fingerprint density at radius 2 is 1.95 bits per heavy atom. The minimum absolute atomic E-state index is 0.0202. The predicted octanol–water partition coefficient (Wildman–Crippen LogP) is 4.33. The number of likely N-dealkylation sites (tertiary alicyclic amines) is 1. The Hall–Kier alpha value is -3.80. The fraction of sp³-hybridized carbons (Fsp3) is 0.531. The Balaban J connectivity index is 1.19. The molecule has 9 nitrogen and oxygen atoms in total. The Labute approximate surface area is 253 Å². The van der Waals surface area contributed by atoms with E-state index in [1.54, 1.807) is 12.4 Å². The maximum atomic E-state index is 16.6. The summed E-state index contributed by atoms with van der Waals surface area (Å²) in [7, 11) is 0. The van der Waals surface area contributed by atoms with Gasteiger partial charge < -0.3 is 14.5 Å². The summed E-state index contributed by atoms with van der Waals surface area (Å²) in [5, 5.41) is 0.430. The van der Waals surface area contributed by atoms with Gasteiger partial charge in [-0.15, -0.1) is 0 Å². The van der Waals surface area contributed by atoms with Gasteiger partial charge in [0.2, 0.25) is 0 Å². The standard InChI is InChI=1S/C32H34F3N7O2/c1-18(33)30(43)41-10-7-24-25(41)16-42(24)29-23-14-37-27(22-13-36-12-19-5-2-3-6-21(19)22)26(35)28(23)38-31(39-29)44-17-32-8-4-9-40(32)15-20(34)11-32/h12-14,20,24-25H,1-11,15-17H2/t20-,24-,25-,32+/m1/s1. The molecule has 4 fully saturated rings. The second-order valence-electron chi connectivity index (χ2n) is 12.9. The third-order valence-electron chi connectivity index (χ3n) is 10.5. The molecule has 0 bridgehead atoms. The zero-order chi connectivity index (χ0) is 30.2. The summed E-state index contributed by atoms with van der Waals surface area (Å²) in [6.07, 6.45) is 10.8. The molecule has 0 N–H and O–H groups in total. The van der Waals surface area contributed by atoms with Gasteiger partial charge in [0.15, 0.2) is 11.6 Å². The molecule has 4 aliphatic heterocycles. The van der Waals surface area contributed by atoms with Crippen LogP contribution in [0.25, 0.3) is 22.2 Å². The number of fused-ring (bicyclic) bond motifs is 4. The highest BCUT2D eigenvalue weighted by atomic mass is 19.1. The summed E-state index contributed by atoms with van der Waals surface area (Å²) in [4.78, 5) is 36.4. The number of carbonyl (C=O) groups excluding carboxylic acids is 1. The second kappa shape index (κ2) is 10.4. The molecular formula is C32H34F3N7O2. The van der Waals surface area contributed by atoms with Gasteiger partial charge in [-0.2, -0.15) is 9.97 Å². The van der Waals surface area contributed by atoms with Crippen LogP contribution >= 0.6 is 0 Å². The van der Waals surface area contributed by atoms with Crippen LogP contribution in [0.15, 0.2) is 31.0 Å². The topological polar surface area (TPSA) is 87.6 Å². The number of aryl methyl sites for hydroxylation is 1. The zero-order valence-electron chi connectivity index (χ0n) is 24.4. The number of amides is 1. The third-order valence-corrected chi connectivity index (χ3v) is 10.5. The molecule has 0 radical (unpaired) electrons. The number of hydrogen-bond donors (Lipinski definition) is 0. The second-order valence-corrected chi connectivity index (χ2v) is 12.9. The van der Waals surface area contributed by atoms with Crippen LogP contribution < -0.4 is 9.64 Å². The minimum atomic E-state index is -0.980. The van der Waals surface area contributed by atoms with E-state index in [9.17, 15) is 13.6 Å². The van der Waals surface area contributed by atoms with Crippen LogP contribution in [0.5, 0.6) is 6.01 Å². The van der Waals surface area contributed by atoms with Crippen LogP contribution in [0, 0.1) is 5.82 Å². The van der Waals surface area contributed by atoms with Crippen LogP contribution in [-0.4, -0.2) is 92.2 Å². The molecule has 44 heavy (non-hydrogen) atoms. The van der Waals surface area contributed by atoms with Gasteiger partial charge in [0.1, 0.15) is 29.8 Å². The van der Waals surface area contributed by atoms with Crippen LogP contribution in [0.4, 0.5) is 19.0 Å². The van der Waals surface area contributed by atoms with Crippen LogP contribution in [-0.2, 0) is 17.6 Å². The Morgan fingerprint density at radius 1 is 1.09 bits per heavy atom. The highest BCUT2D eigenvalue weighted by Gasteiger charge is 2.51. The fourth-order valence-corrected chi connectivity index (χ4v) is 8.27. The number of rotatable bonds is 6. The van der Waals surface area contributed by atoms with Crippen molar-refractivity contribution in [1.82, 2.24) is 29.7 Å². The van der Waals surface area contributed by atoms with Crippen molar-refractivity contribution >= 4 is 22.6 Å². The quantitative estimate of drug-likeness (QED) is 0.384. The number of ether oxygens (including phenoxy) is 1.